The summed E-state index contributed by atoms with van der Waals surface area (Å²) in [5, 5.41) is 8.82. The van der Waals surface area contributed by atoms with Crippen molar-refractivity contribution in [3.8, 4) is 0 Å². The molecule has 0 saturated carbocycles. The highest BCUT2D eigenvalue weighted by molar-refractivity contribution is 5.66. The van der Waals surface area contributed by atoms with Gasteiger partial charge in [-0.15, -0.1) is 0 Å². The number of carboxylic acid groups (broad SMARTS) is 1. The van der Waals surface area contributed by atoms with E-state index in [0.29, 0.717) is 12.1 Å². The molecule has 0 spiro atoms. The topological polar surface area (TPSA) is 40.5 Å². The van der Waals surface area contributed by atoms with Crippen molar-refractivity contribution in [2.24, 2.45) is 0 Å². The number of carboxylic acids is 1. The molecule has 1 aromatic carbocycles. The predicted octanol–water partition coefficient (Wildman–Crippen LogP) is 3.46. The summed E-state index contributed by atoms with van der Waals surface area (Å²) >= 11 is 0. The lowest BCUT2D eigenvalue weighted by Crippen LogP contribution is -2.36. The average molecular weight is 267 g/mol. The van der Waals surface area contributed by atoms with Crippen LogP contribution >= 0.6 is 0 Å². The fraction of sp³-hybridized carbons (Fsp3) is 0.533. The minimum Gasteiger partial charge on any atom is -0.481 e. The maximum atomic E-state index is 13.9. The molecule has 106 valence electrons. The molecule has 0 radical (unpaired) electrons. The molecule has 0 aromatic heterocycles. The lowest BCUT2D eigenvalue weighted by molar-refractivity contribution is -0.137. The number of hydrogen-bond donors (Lipinski definition) is 1. The third-order valence-corrected chi connectivity index (χ3v) is 3.30. The molecule has 0 saturated heterocycles. The van der Waals surface area contributed by atoms with Crippen LogP contribution in [-0.2, 0) is 4.79 Å². The van der Waals surface area contributed by atoms with Crippen molar-refractivity contribution in [2.75, 3.05) is 6.54 Å². The number of rotatable bonds is 7. The number of halogens is 1. The Balaban J connectivity index is 2.96. The van der Waals surface area contributed by atoms with Crippen LogP contribution in [0.5, 0.6) is 0 Å². The second kappa shape index (κ2) is 7.24. The summed E-state index contributed by atoms with van der Waals surface area (Å²) in [6.45, 7) is 6.43. The fourth-order valence-corrected chi connectivity index (χ4v) is 2.38. The van der Waals surface area contributed by atoms with Crippen molar-refractivity contribution in [3.63, 3.8) is 0 Å². The van der Waals surface area contributed by atoms with Gasteiger partial charge in [0.1, 0.15) is 5.82 Å². The summed E-state index contributed by atoms with van der Waals surface area (Å²) in [7, 11) is 0. The first-order valence-corrected chi connectivity index (χ1v) is 6.69. The van der Waals surface area contributed by atoms with Crippen LogP contribution in [0.3, 0.4) is 0 Å². The van der Waals surface area contributed by atoms with E-state index in [2.05, 4.69) is 0 Å². The highest BCUT2D eigenvalue weighted by Gasteiger charge is 2.24. The highest BCUT2D eigenvalue weighted by Crippen LogP contribution is 2.28. The summed E-state index contributed by atoms with van der Waals surface area (Å²) in [5.41, 5.74) is 0.643. The van der Waals surface area contributed by atoms with Crippen LogP contribution in [0.2, 0.25) is 0 Å². The lowest BCUT2D eigenvalue weighted by Gasteiger charge is -2.34. The molecular weight excluding hydrogens is 245 g/mol. The van der Waals surface area contributed by atoms with E-state index >= 15 is 0 Å². The maximum absolute atomic E-state index is 13.9. The van der Waals surface area contributed by atoms with Gasteiger partial charge in [0.05, 0.1) is 6.42 Å². The molecule has 0 heterocycles. The molecule has 1 unspecified atom stereocenters. The van der Waals surface area contributed by atoms with Crippen molar-refractivity contribution >= 4 is 5.97 Å². The number of carbonyl (C=O) groups is 1. The van der Waals surface area contributed by atoms with E-state index in [9.17, 15) is 9.18 Å². The second-order valence-electron chi connectivity index (χ2n) is 4.92. The van der Waals surface area contributed by atoms with Crippen LogP contribution < -0.4 is 0 Å². The van der Waals surface area contributed by atoms with Crippen LogP contribution in [0, 0.1) is 5.82 Å². The van der Waals surface area contributed by atoms with Gasteiger partial charge in [-0.25, -0.2) is 4.39 Å². The zero-order valence-electron chi connectivity index (χ0n) is 11.8. The van der Waals surface area contributed by atoms with Gasteiger partial charge in [0.15, 0.2) is 0 Å². The van der Waals surface area contributed by atoms with Gasteiger partial charge in [-0.2, -0.15) is 0 Å². The molecule has 0 bridgehead atoms. The first-order chi connectivity index (χ1) is 8.97. The second-order valence-corrected chi connectivity index (χ2v) is 4.92. The van der Waals surface area contributed by atoms with Gasteiger partial charge in [0.25, 0.3) is 0 Å². The lowest BCUT2D eigenvalue weighted by atomic mass is 10.0. The van der Waals surface area contributed by atoms with Crippen LogP contribution in [0.25, 0.3) is 0 Å². The molecule has 3 nitrogen and oxygen atoms in total. The molecule has 19 heavy (non-hydrogen) atoms. The van der Waals surface area contributed by atoms with E-state index in [0.717, 1.165) is 6.42 Å². The van der Waals surface area contributed by atoms with Crippen LogP contribution in [0.4, 0.5) is 4.39 Å². The molecule has 0 aliphatic rings. The zero-order valence-corrected chi connectivity index (χ0v) is 11.8. The summed E-state index contributed by atoms with van der Waals surface area (Å²) in [6.07, 6.45) is 0.821. The van der Waals surface area contributed by atoms with E-state index in [-0.39, 0.29) is 24.3 Å². The van der Waals surface area contributed by atoms with E-state index in [1.807, 2.05) is 31.7 Å². The third-order valence-electron chi connectivity index (χ3n) is 3.30. The largest absolute Gasteiger partial charge is 0.481 e. The minimum atomic E-state index is -0.825. The van der Waals surface area contributed by atoms with Crippen LogP contribution in [0.1, 0.15) is 45.2 Å². The Morgan fingerprint density at radius 3 is 2.47 bits per heavy atom. The van der Waals surface area contributed by atoms with Gasteiger partial charge < -0.3 is 5.11 Å². The Labute approximate surface area is 114 Å². The average Bonchev–Trinajstić information content (AvgIpc) is 2.35. The monoisotopic (exact) mass is 267 g/mol. The molecule has 0 aliphatic heterocycles. The first-order valence-electron chi connectivity index (χ1n) is 6.69. The standard InChI is InChI=1S/C15H22FNO2/c1-4-14(12-7-5-6-8-13(12)16)17(11(2)3)10-9-15(18)19/h5-8,11,14H,4,9-10H2,1-3H3,(H,18,19). The zero-order chi connectivity index (χ0) is 14.4. The predicted molar refractivity (Wildman–Crippen MR) is 73.5 cm³/mol. The van der Waals surface area contributed by atoms with E-state index in [4.69, 9.17) is 5.11 Å². The Morgan fingerprint density at radius 2 is 2.00 bits per heavy atom. The number of hydrogen-bond acceptors (Lipinski definition) is 2. The van der Waals surface area contributed by atoms with Gasteiger partial charge in [-0.3, -0.25) is 9.69 Å². The molecule has 1 N–H and O–H groups in total. The van der Waals surface area contributed by atoms with E-state index < -0.39 is 5.97 Å². The van der Waals surface area contributed by atoms with E-state index in [1.165, 1.54) is 6.07 Å². The summed E-state index contributed by atoms with van der Waals surface area (Å²) in [4.78, 5) is 12.8. The quantitative estimate of drug-likeness (QED) is 0.822. The summed E-state index contributed by atoms with van der Waals surface area (Å²) < 4.78 is 13.9. The van der Waals surface area contributed by atoms with Crippen LogP contribution in [-0.4, -0.2) is 28.6 Å². The SMILES string of the molecule is CCC(c1ccccc1F)N(CCC(=O)O)C(C)C. The van der Waals surface area contributed by atoms with Crippen molar-refractivity contribution in [1.82, 2.24) is 4.90 Å². The Kier molecular flexibility index (Phi) is 5.96. The third kappa shape index (κ3) is 4.31. The van der Waals surface area contributed by atoms with Gasteiger partial charge in [0.2, 0.25) is 0 Å². The van der Waals surface area contributed by atoms with Gasteiger partial charge in [-0.1, -0.05) is 25.1 Å². The Bertz CT molecular complexity index is 420. The minimum absolute atomic E-state index is 0.0726. The van der Waals surface area contributed by atoms with Gasteiger partial charge >= 0.3 is 5.97 Å². The van der Waals surface area contributed by atoms with Crippen molar-refractivity contribution in [3.05, 3.63) is 35.6 Å². The molecule has 4 heteroatoms. The summed E-state index contributed by atoms with van der Waals surface area (Å²) in [6, 6.07) is 6.80. The molecular formula is C15H22FNO2. The maximum Gasteiger partial charge on any atom is 0.304 e. The van der Waals surface area contributed by atoms with Crippen molar-refractivity contribution in [2.45, 2.75) is 45.7 Å². The first kappa shape index (κ1) is 15.6. The molecule has 0 fully saturated rings. The molecule has 0 aliphatic carbocycles. The summed E-state index contributed by atoms with van der Waals surface area (Å²) in [5.74, 6) is -1.05. The van der Waals surface area contributed by atoms with Gasteiger partial charge in [-0.05, 0) is 26.3 Å². The Morgan fingerprint density at radius 1 is 1.37 bits per heavy atom. The number of aliphatic carboxylic acids is 1. The van der Waals surface area contributed by atoms with Crippen molar-refractivity contribution in [1.29, 1.82) is 0 Å². The molecule has 1 aromatic rings. The molecule has 1 rings (SSSR count). The van der Waals surface area contributed by atoms with Gasteiger partial charge in [0, 0.05) is 24.2 Å². The molecule has 0 amide bonds. The highest BCUT2D eigenvalue weighted by atomic mass is 19.1. The van der Waals surface area contributed by atoms with Crippen molar-refractivity contribution < 1.29 is 14.3 Å². The van der Waals surface area contributed by atoms with Crippen LogP contribution in [0.15, 0.2) is 24.3 Å². The number of nitrogens with zero attached hydrogens (tertiary/aromatic N) is 1. The van der Waals surface area contributed by atoms with E-state index in [1.54, 1.807) is 12.1 Å². The smallest absolute Gasteiger partial charge is 0.304 e. The Hall–Kier alpha value is -1.42. The fourth-order valence-electron chi connectivity index (χ4n) is 2.38. The number of benzene rings is 1. The normalized spacial score (nSPS) is 12.9. The molecule has 1 atom stereocenters.